The van der Waals surface area contributed by atoms with Gasteiger partial charge in [-0.1, -0.05) is 19.8 Å². The summed E-state index contributed by atoms with van der Waals surface area (Å²) in [7, 11) is 1.54. The minimum absolute atomic E-state index is 0.00148. The molecule has 2 unspecified atom stereocenters. The molecule has 3 heteroatoms. The van der Waals surface area contributed by atoms with E-state index in [1.165, 1.54) is 26.4 Å². The van der Waals surface area contributed by atoms with Crippen LogP contribution >= 0.6 is 0 Å². The van der Waals surface area contributed by atoms with Crippen molar-refractivity contribution in [2.75, 3.05) is 20.3 Å². The number of hydrogen-bond donors (Lipinski definition) is 1. The number of carbonyl (C=O) groups is 1. The normalized spacial score (nSPS) is 27.5. The molecule has 0 heterocycles. The molecular weight excluding hydrogens is 166 g/mol. The van der Waals surface area contributed by atoms with Crippen LogP contribution in [0.4, 0.5) is 0 Å². The van der Waals surface area contributed by atoms with Gasteiger partial charge in [-0.2, -0.15) is 0 Å². The number of rotatable bonds is 4. The molecule has 0 radical (unpaired) electrons. The average Bonchev–Trinajstić information content (AvgIpc) is 2.48. The van der Waals surface area contributed by atoms with Gasteiger partial charge in [0.05, 0.1) is 0 Å². The van der Waals surface area contributed by atoms with Crippen LogP contribution in [0.5, 0.6) is 0 Å². The summed E-state index contributed by atoms with van der Waals surface area (Å²) in [4.78, 5) is 11.1. The molecule has 76 valence electrons. The van der Waals surface area contributed by atoms with E-state index >= 15 is 0 Å². The SMILES string of the molecule is COCC(=O)NCC1CCCC1C. The van der Waals surface area contributed by atoms with Crippen molar-refractivity contribution in [1.29, 1.82) is 0 Å². The molecule has 2 atom stereocenters. The van der Waals surface area contributed by atoms with Crippen LogP contribution in [-0.4, -0.2) is 26.2 Å². The highest BCUT2D eigenvalue weighted by molar-refractivity contribution is 5.77. The lowest BCUT2D eigenvalue weighted by Gasteiger charge is -2.15. The third kappa shape index (κ3) is 3.35. The first-order valence-electron chi connectivity index (χ1n) is 4.99. The van der Waals surface area contributed by atoms with Gasteiger partial charge in [0.15, 0.2) is 0 Å². The molecule has 1 aliphatic carbocycles. The number of carbonyl (C=O) groups excluding carboxylic acids is 1. The first-order valence-corrected chi connectivity index (χ1v) is 4.99. The fourth-order valence-electron chi connectivity index (χ4n) is 1.95. The van der Waals surface area contributed by atoms with Crippen LogP contribution in [0.1, 0.15) is 26.2 Å². The number of nitrogens with one attached hydrogen (secondary N) is 1. The van der Waals surface area contributed by atoms with E-state index in [4.69, 9.17) is 4.74 Å². The fourth-order valence-corrected chi connectivity index (χ4v) is 1.95. The molecule has 0 aromatic carbocycles. The Hall–Kier alpha value is -0.570. The van der Waals surface area contributed by atoms with Gasteiger partial charge in [-0.05, 0) is 18.3 Å². The highest BCUT2D eigenvalue weighted by Gasteiger charge is 2.23. The predicted octanol–water partition coefficient (Wildman–Crippen LogP) is 1.19. The summed E-state index contributed by atoms with van der Waals surface area (Å²) in [5.41, 5.74) is 0. The molecule has 1 fully saturated rings. The van der Waals surface area contributed by atoms with E-state index in [2.05, 4.69) is 12.2 Å². The topological polar surface area (TPSA) is 38.3 Å². The quantitative estimate of drug-likeness (QED) is 0.714. The lowest BCUT2D eigenvalue weighted by Crippen LogP contribution is -2.32. The van der Waals surface area contributed by atoms with Gasteiger partial charge in [0, 0.05) is 13.7 Å². The Bertz CT molecular complexity index is 170. The van der Waals surface area contributed by atoms with Crippen LogP contribution in [0, 0.1) is 11.8 Å². The number of amides is 1. The van der Waals surface area contributed by atoms with Crippen molar-refractivity contribution in [2.24, 2.45) is 11.8 Å². The van der Waals surface area contributed by atoms with Crippen molar-refractivity contribution in [3.8, 4) is 0 Å². The largest absolute Gasteiger partial charge is 0.375 e. The van der Waals surface area contributed by atoms with Gasteiger partial charge in [-0.15, -0.1) is 0 Å². The first kappa shape index (κ1) is 10.5. The van der Waals surface area contributed by atoms with E-state index in [9.17, 15) is 4.79 Å². The van der Waals surface area contributed by atoms with Crippen molar-refractivity contribution in [1.82, 2.24) is 5.32 Å². The van der Waals surface area contributed by atoms with Crippen molar-refractivity contribution < 1.29 is 9.53 Å². The van der Waals surface area contributed by atoms with Gasteiger partial charge >= 0.3 is 0 Å². The van der Waals surface area contributed by atoms with E-state index < -0.39 is 0 Å². The lowest BCUT2D eigenvalue weighted by molar-refractivity contribution is -0.124. The van der Waals surface area contributed by atoms with E-state index in [0.29, 0.717) is 5.92 Å². The minimum atomic E-state index is 0.00148. The third-order valence-electron chi connectivity index (χ3n) is 2.88. The molecule has 1 aliphatic rings. The average molecular weight is 185 g/mol. The maximum atomic E-state index is 11.1. The van der Waals surface area contributed by atoms with Crippen LogP contribution in [0.2, 0.25) is 0 Å². The summed E-state index contributed by atoms with van der Waals surface area (Å²) in [5, 5.41) is 2.89. The van der Waals surface area contributed by atoms with E-state index in [0.717, 1.165) is 12.5 Å². The second-order valence-corrected chi connectivity index (χ2v) is 3.91. The zero-order chi connectivity index (χ0) is 9.68. The molecular formula is C10H19NO2. The smallest absolute Gasteiger partial charge is 0.245 e. The zero-order valence-corrected chi connectivity index (χ0v) is 8.51. The highest BCUT2D eigenvalue weighted by atomic mass is 16.5. The van der Waals surface area contributed by atoms with Crippen LogP contribution in [0.3, 0.4) is 0 Å². The summed E-state index contributed by atoms with van der Waals surface area (Å²) in [6.07, 6.45) is 3.88. The predicted molar refractivity (Wildman–Crippen MR) is 51.4 cm³/mol. The Labute approximate surface area is 79.8 Å². The minimum Gasteiger partial charge on any atom is -0.375 e. The summed E-state index contributed by atoms with van der Waals surface area (Å²) in [5.74, 6) is 1.45. The molecule has 1 saturated carbocycles. The number of methoxy groups -OCH3 is 1. The molecule has 0 aromatic rings. The van der Waals surface area contributed by atoms with Gasteiger partial charge in [-0.25, -0.2) is 0 Å². The third-order valence-corrected chi connectivity index (χ3v) is 2.88. The van der Waals surface area contributed by atoms with Gasteiger partial charge < -0.3 is 10.1 Å². The lowest BCUT2D eigenvalue weighted by atomic mass is 9.98. The van der Waals surface area contributed by atoms with Crippen LogP contribution in [-0.2, 0) is 9.53 Å². The molecule has 0 saturated heterocycles. The Morgan fingerprint density at radius 3 is 2.85 bits per heavy atom. The first-order chi connectivity index (χ1) is 6.24. The fraction of sp³-hybridized carbons (Fsp3) is 0.900. The van der Waals surface area contributed by atoms with Gasteiger partial charge in [0.1, 0.15) is 6.61 Å². The van der Waals surface area contributed by atoms with Gasteiger partial charge in [-0.3, -0.25) is 4.79 Å². The van der Waals surface area contributed by atoms with Crippen molar-refractivity contribution in [3.63, 3.8) is 0 Å². The van der Waals surface area contributed by atoms with Crippen molar-refractivity contribution in [2.45, 2.75) is 26.2 Å². The molecule has 1 rings (SSSR count). The van der Waals surface area contributed by atoms with Crippen LogP contribution in [0.15, 0.2) is 0 Å². The molecule has 0 spiro atoms. The molecule has 1 N–H and O–H groups in total. The Morgan fingerprint density at radius 1 is 1.54 bits per heavy atom. The van der Waals surface area contributed by atoms with E-state index in [-0.39, 0.29) is 12.5 Å². The summed E-state index contributed by atoms with van der Waals surface area (Å²) in [6, 6.07) is 0. The summed E-state index contributed by atoms with van der Waals surface area (Å²) in [6.45, 7) is 3.27. The maximum Gasteiger partial charge on any atom is 0.245 e. The van der Waals surface area contributed by atoms with Gasteiger partial charge in [0.25, 0.3) is 0 Å². The molecule has 3 nitrogen and oxygen atoms in total. The van der Waals surface area contributed by atoms with Crippen molar-refractivity contribution in [3.05, 3.63) is 0 Å². The van der Waals surface area contributed by atoms with Crippen LogP contribution in [0.25, 0.3) is 0 Å². The second-order valence-electron chi connectivity index (χ2n) is 3.91. The summed E-state index contributed by atoms with van der Waals surface area (Å²) >= 11 is 0. The Balaban J connectivity index is 2.14. The monoisotopic (exact) mass is 185 g/mol. The second kappa shape index (κ2) is 5.22. The molecule has 0 bridgehead atoms. The van der Waals surface area contributed by atoms with Crippen LogP contribution < -0.4 is 5.32 Å². The zero-order valence-electron chi connectivity index (χ0n) is 8.51. The summed E-state index contributed by atoms with van der Waals surface area (Å²) < 4.78 is 4.73. The standard InChI is InChI=1S/C10H19NO2/c1-8-4-3-5-9(8)6-11-10(12)7-13-2/h8-9H,3-7H2,1-2H3,(H,11,12). The Kier molecular flexibility index (Phi) is 4.22. The molecule has 13 heavy (non-hydrogen) atoms. The molecule has 1 amide bonds. The number of hydrogen-bond acceptors (Lipinski definition) is 2. The Morgan fingerprint density at radius 2 is 2.31 bits per heavy atom. The molecule has 0 aromatic heterocycles. The van der Waals surface area contributed by atoms with Gasteiger partial charge in [0.2, 0.25) is 5.91 Å². The van der Waals surface area contributed by atoms with E-state index in [1.807, 2.05) is 0 Å². The van der Waals surface area contributed by atoms with Crippen molar-refractivity contribution >= 4 is 5.91 Å². The molecule has 0 aliphatic heterocycles. The highest BCUT2D eigenvalue weighted by Crippen LogP contribution is 2.30. The number of ether oxygens (including phenoxy) is 1. The van der Waals surface area contributed by atoms with E-state index in [1.54, 1.807) is 0 Å². The maximum absolute atomic E-state index is 11.1.